The van der Waals surface area contributed by atoms with Gasteiger partial charge in [-0.2, -0.15) is 0 Å². The first-order chi connectivity index (χ1) is 16.3. The Bertz CT molecular complexity index is 1030. The molecule has 1 saturated heterocycles. The summed E-state index contributed by atoms with van der Waals surface area (Å²) < 4.78 is 0. The third kappa shape index (κ3) is 6.63. The van der Waals surface area contributed by atoms with Gasteiger partial charge in [0.1, 0.15) is 11.8 Å². The third-order valence-corrected chi connectivity index (χ3v) is 7.12. The van der Waals surface area contributed by atoms with Crippen LogP contribution in [0.25, 0.3) is 0 Å². The third-order valence-electron chi connectivity index (χ3n) is 6.16. The fourth-order valence-corrected chi connectivity index (χ4v) is 4.88. The van der Waals surface area contributed by atoms with Crippen molar-refractivity contribution in [3.05, 3.63) is 64.8 Å². The van der Waals surface area contributed by atoms with Crippen LogP contribution in [0.2, 0.25) is 0 Å². The van der Waals surface area contributed by atoms with Crippen LogP contribution < -0.4 is 5.32 Å². The van der Waals surface area contributed by atoms with Gasteiger partial charge in [-0.05, 0) is 64.7 Å². The molecular formula is C27H35N3O3S. The van der Waals surface area contributed by atoms with Gasteiger partial charge in [0, 0.05) is 35.5 Å². The van der Waals surface area contributed by atoms with Crippen LogP contribution >= 0.6 is 11.8 Å². The number of aromatic hydroxyl groups is 1. The van der Waals surface area contributed by atoms with Crippen LogP contribution in [0.3, 0.4) is 0 Å². The zero-order chi connectivity index (χ0) is 24.7. The van der Waals surface area contributed by atoms with Gasteiger partial charge in [0.05, 0.1) is 5.55 Å². The minimum atomic E-state index is -0.493. The van der Waals surface area contributed by atoms with E-state index in [1.165, 1.54) is 5.57 Å². The normalized spacial score (nSPS) is 19.2. The Hall–Kier alpha value is -2.80. The van der Waals surface area contributed by atoms with Gasteiger partial charge in [0.25, 0.3) is 5.91 Å². The minimum absolute atomic E-state index is 0.0884. The lowest BCUT2D eigenvalue weighted by atomic mass is 10.1. The largest absolute Gasteiger partial charge is 0.508 e. The number of hydrogen-bond donors (Lipinski definition) is 2. The highest BCUT2D eigenvalue weighted by Crippen LogP contribution is 2.26. The second kappa shape index (κ2) is 12.1. The minimum Gasteiger partial charge on any atom is -0.508 e. The maximum absolute atomic E-state index is 13.1. The molecule has 1 heterocycles. The van der Waals surface area contributed by atoms with E-state index in [9.17, 15) is 14.7 Å². The lowest BCUT2D eigenvalue weighted by molar-refractivity contribution is -0.124. The van der Waals surface area contributed by atoms with Gasteiger partial charge in [-0.3, -0.25) is 14.6 Å². The van der Waals surface area contributed by atoms with Crippen LogP contribution in [0.5, 0.6) is 5.75 Å². The summed E-state index contributed by atoms with van der Waals surface area (Å²) in [5.41, 5.74) is 5.25. The summed E-state index contributed by atoms with van der Waals surface area (Å²) in [5, 5.41) is 13.3. The zero-order valence-corrected chi connectivity index (χ0v) is 21.3. The van der Waals surface area contributed by atoms with Gasteiger partial charge < -0.3 is 15.3 Å². The van der Waals surface area contributed by atoms with Crippen molar-refractivity contribution in [3.63, 3.8) is 0 Å². The van der Waals surface area contributed by atoms with Crippen molar-refractivity contribution in [2.75, 3.05) is 13.1 Å². The van der Waals surface area contributed by atoms with Crippen molar-refractivity contribution < 1.29 is 14.7 Å². The summed E-state index contributed by atoms with van der Waals surface area (Å²) in [4.78, 5) is 32.1. The number of carbonyl (C=O) groups is 2. The van der Waals surface area contributed by atoms with Gasteiger partial charge in [0.15, 0.2) is 0 Å². The molecule has 0 aromatic heterocycles. The molecule has 1 aliphatic heterocycles. The molecule has 2 atom stereocenters. The maximum atomic E-state index is 13.1. The lowest BCUT2D eigenvalue weighted by Gasteiger charge is -2.25. The average molecular weight is 482 g/mol. The van der Waals surface area contributed by atoms with E-state index in [4.69, 9.17) is 0 Å². The molecule has 1 aliphatic carbocycles. The highest BCUT2D eigenvalue weighted by Gasteiger charge is 2.35. The van der Waals surface area contributed by atoms with Gasteiger partial charge >= 0.3 is 0 Å². The lowest BCUT2D eigenvalue weighted by Crippen LogP contribution is -2.46. The number of phenols is 1. The second-order valence-corrected chi connectivity index (χ2v) is 10.2. The Balaban J connectivity index is 1.60. The molecule has 2 N–H and O–H groups in total. The van der Waals surface area contributed by atoms with Crippen molar-refractivity contribution in [2.24, 2.45) is 4.99 Å². The molecule has 3 rings (SSSR count). The number of nitrogens with zero attached hydrogens (tertiary/aromatic N) is 2. The van der Waals surface area contributed by atoms with Crippen LogP contribution in [0.1, 0.15) is 56.0 Å². The van der Waals surface area contributed by atoms with E-state index in [-0.39, 0.29) is 17.6 Å². The Morgan fingerprint density at radius 2 is 2.09 bits per heavy atom. The average Bonchev–Trinajstić information content (AvgIpc) is 3.17. The number of benzene rings is 1. The fourth-order valence-electron chi connectivity index (χ4n) is 4.04. The molecule has 1 aromatic rings. The molecular weight excluding hydrogens is 446 g/mol. The summed E-state index contributed by atoms with van der Waals surface area (Å²) in [6, 6.07) is 4.72. The highest BCUT2D eigenvalue weighted by atomic mass is 32.2. The summed E-state index contributed by atoms with van der Waals surface area (Å²) in [6.07, 6.45) is 10.7. The smallest absolute Gasteiger partial charge is 0.254 e. The number of likely N-dealkylation sites (tertiary alicyclic amines) is 1. The maximum Gasteiger partial charge on any atom is 0.254 e. The molecule has 7 heteroatoms. The molecule has 0 saturated carbocycles. The molecule has 0 spiro atoms. The fraction of sp³-hybridized carbons (Fsp3) is 0.444. The SMILES string of the molecule is Cc1c(O)cccc1C(=O)N1CCC[C@H]1C(=O)NCC1=CC=C(C(C)S/C=N\C(C)C)CC=C1. The first-order valence-corrected chi connectivity index (χ1v) is 12.8. The van der Waals surface area contributed by atoms with Crippen molar-refractivity contribution in [1.82, 2.24) is 10.2 Å². The van der Waals surface area contributed by atoms with Crippen molar-refractivity contribution >= 4 is 29.1 Å². The number of aliphatic imine (C=N–C) groups is 1. The summed E-state index contributed by atoms with van der Waals surface area (Å²) in [6.45, 7) is 8.98. The summed E-state index contributed by atoms with van der Waals surface area (Å²) in [5.74, 6) is -0.259. The van der Waals surface area contributed by atoms with Crippen LogP contribution in [-0.4, -0.2) is 57.8 Å². The number of phenolic OH excluding ortho intramolecular Hbond substituents is 1. The van der Waals surface area contributed by atoms with Gasteiger partial charge in [0.2, 0.25) is 5.91 Å². The first-order valence-electron chi connectivity index (χ1n) is 11.9. The van der Waals surface area contributed by atoms with E-state index < -0.39 is 6.04 Å². The van der Waals surface area contributed by atoms with Crippen LogP contribution in [0, 0.1) is 6.92 Å². The molecule has 34 heavy (non-hydrogen) atoms. The predicted octanol–water partition coefficient (Wildman–Crippen LogP) is 4.79. The van der Waals surface area contributed by atoms with E-state index in [0.29, 0.717) is 41.9 Å². The van der Waals surface area contributed by atoms with E-state index in [1.54, 1.807) is 41.8 Å². The quantitative estimate of drug-likeness (QED) is 0.413. The van der Waals surface area contributed by atoms with Gasteiger partial charge in [-0.1, -0.05) is 35.9 Å². The topological polar surface area (TPSA) is 82.0 Å². The van der Waals surface area contributed by atoms with Gasteiger partial charge in [-0.25, -0.2) is 0 Å². The predicted molar refractivity (Wildman–Crippen MR) is 141 cm³/mol. The highest BCUT2D eigenvalue weighted by molar-refractivity contribution is 8.12. The molecule has 182 valence electrons. The summed E-state index contributed by atoms with van der Waals surface area (Å²) in [7, 11) is 0. The van der Waals surface area contributed by atoms with Crippen LogP contribution in [0.4, 0.5) is 0 Å². The number of rotatable bonds is 8. The van der Waals surface area contributed by atoms with Crippen LogP contribution in [-0.2, 0) is 4.79 Å². The molecule has 1 unspecified atom stereocenters. The molecule has 6 nitrogen and oxygen atoms in total. The molecule has 1 fully saturated rings. The second-order valence-electron chi connectivity index (χ2n) is 9.04. The number of allylic oxidation sites excluding steroid dienone is 3. The molecule has 2 aliphatic rings. The number of carbonyl (C=O) groups excluding carboxylic acids is 2. The molecule has 2 amide bonds. The number of hydrogen-bond acceptors (Lipinski definition) is 5. The Morgan fingerprint density at radius 3 is 2.85 bits per heavy atom. The van der Waals surface area contributed by atoms with Gasteiger partial charge in [-0.15, -0.1) is 11.8 Å². The van der Waals surface area contributed by atoms with E-state index in [1.807, 2.05) is 5.55 Å². The van der Waals surface area contributed by atoms with Crippen LogP contribution in [0.15, 0.2) is 58.6 Å². The van der Waals surface area contributed by atoms with Crippen molar-refractivity contribution in [3.8, 4) is 5.75 Å². The van der Waals surface area contributed by atoms with Crippen molar-refractivity contribution in [1.29, 1.82) is 0 Å². The Labute approximate surface area is 206 Å². The first kappa shape index (κ1) is 25.8. The van der Waals surface area contributed by atoms with E-state index in [0.717, 1.165) is 18.4 Å². The Morgan fingerprint density at radius 1 is 1.29 bits per heavy atom. The van der Waals surface area contributed by atoms with E-state index >= 15 is 0 Å². The Kier molecular flexibility index (Phi) is 9.16. The molecule has 0 bridgehead atoms. The van der Waals surface area contributed by atoms with E-state index in [2.05, 4.69) is 55.4 Å². The zero-order valence-electron chi connectivity index (χ0n) is 20.5. The number of nitrogens with one attached hydrogen (secondary N) is 1. The monoisotopic (exact) mass is 481 g/mol. The molecule has 1 aromatic carbocycles. The standard InChI is InChI=1S/C27H35N3O3S/c1-18(2)29-17-34-20(4)22-9-5-8-21(13-14-22)16-28-26(32)24-11-7-15-30(24)27(33)23-10-6-12-25(31)19(23)3/h5-6,8,10,12-14,17-18,20,24,31H,7,9,11,15-16H2,1-4H3,(H,28,32)/b29-17-/t20?,24-/m0/s1. The molecule has 0 radical (unpaired) electrons. The summed E-state index contributed by atoms with van der Waals surface area (Å²) >= 11 is 1.71. The number of thioether (sulfide) groups is 1. The number of amides is 2. The van der Waals surface area contributed by atoms with Crippen molar-refractivity contribution in [2.45, 2.75) is 64.3 Å².